The van der Waals surface area contributed by atoms with E-state index in [1.54, 1.807) is 0 Å². The quantitative estimate of drug-likeness (QED) is 0.801. The topological polar surface area (TPSA) is 12.0 Å². The summed E-state index contributed by atoms with van der Waals surface area (Å²) in [5.41, 5.74) is 0.260. The minimum Gasteiger partial charge on any atom is -0.380 e. The summed E-state index contributed by atoms with van der Waals surface area (Å²) in [6, 6.07) is 2.65. The largest absolute Gasteiger partial charge is 0.380 e. The van der Waals surface area contributed by atoms with Crippen LogP contribution >= 0.6 is 15.9 Å². The van der Waals surface area contributed by atoms with Gasteiger partial charge in [-0.05, 0) is 41.3 Å². The molecule has 0 aliphatic heterocycles. The lowest BCUT2D eigenvalue weighted by Gasteiger charge is -2.27. The van der Waals surface area contributed by atoms with Crippen LogP contribution in [0.5, 0.6) is 0 Å². The molecule has 1 aromatic carbocycles. The minimum absolute atomic E-state index is 0.161. The van der Waals surface area contributed by atoms with E-state index < -0.39 is 11.6 Å². The molecular formula is C10H10BrF2N. The SMILES string of the molecule is Fc1cc(NC2CCC2)c(F)cc1Br. The van der Waals surface area contributed by atoms with Gasteiger partial charge in [-0.15, -0.1) is 0 Å². The van der Waals surface area contributed by atoms with Crippen molar-refractivity contribution in [2.75, 3.05) is 5.32 Å². The highest BCUT2D eigenvalue weighted by Gasteiger charge is 2.19. The van der Waals surface area contributed by atoms with Gasteiger partial charge < -0.3 is 5.32 Å². The molecule has 0 saturated heterocycles. The summed E-state index contributed by atoms with van der Waals surface area (Å²) < 4.78 is 26.5. The molecule has 14 heavy (non-hydrogen) atoms. The van der Waals surface area contributed by atoms with E-state index in [-0.39, 0.29) is 10.2 Å². The molecule has 0 spiro atoms. The Labute approximate surface area is 89.6 Å². The molecular weight excluding hydrogens is 252 g/mol. The summed E-state index contributed by atoms with van der Waals surface area (Å²) >= 11 is 2.93. The van der Waals surface area contributed by atoms with Crippen LogP contribution < -0.4 is 5.32 Å². The van der Waals surface area contributed by atoms with Crippen molar-refractivity contribution < 1.29 is 8.78 Å². The van der Waals surface area contributed by atoms with Crippen LogP contribution in [0.4, 0.5) is 14.5 Å². The van der Waals surface area contributed by atoms with Crippen molar-refractivity contribution in [3.8, 4) is 0 Å². The first kappa shape index (κ1) is 9.90. The maximum Gasteiger partial charge on any atom is 0.147 e. The molecule has 0 radical (unpaired) electrons. The fourth-order valence-corrected chi connectivity index (χ4v) is 1.72. The zero-order valence-electron chi connectivity index (χ0n) is 7.49. The Morgan fingerprint density at radius 1 is 1.21 bits per heavy atom. The van der Waals surface area contributed by atoms with Gasteiger partial charge in [-0.2, -0.15) is 0 Å². The van der Waals surface area contributed by atoms with Crippen molar-refractivity contribution in [3.05, 3.63) is 28.2 Å². The van der Waals surface area contributed by atoms with Gasteiger partial charge in [0.05, 0.1) is 10.2 Å². The Hall–Kier alpha value is -0.640. The number of anilines is 1. The highest BCUT2D eigenvalue weighted by molar-refractivity contribution is 9.10. The number of nitrogens with one attached hydrogen (secondary N) is 1. The van der Waals surface area contributed by atoms with Crippen LogP contribution in [0.15, 0.2) is 16.6 Å². The third-order valence-corrected chi connectivity index (χ3v) is 3.08. The van der Waals surface area contributed by atoms with E-state index in [1.165, 1.54) is 6.07 Å². The fraction of sp³-hybridized carbons (Fsp3) is 0.400. The lowest BCUT2D eigenvalue weighted by atomic mass is 9.93. The van der Waals surface area contributed by atoms with Crippen molar-refractivity contribution in [2.45, 2.75) is 25.3 Å². The first-order valence-electron chi connectivity index (χ1n) is 4.58. The van der Waals surface area contributed by atoms with Gasteiger partial charge in [-0.1, -0.05) is 0 Å². The van der Waals surface area contributed by atoms with Crippen LogP contribution in [0.1, 0.15) is 19.3 Å². The van der Waals surface area contributed by atoms with Gasteiger partial charge >= 0.3 is 0 Å². The second-order valence-corrected chi connectivity index (χ2v) is 4.37. The van der Waals surface area contributed by atoms with Gasteiger partial charge in [-0.3, -0.25) is 0 Å². The first-order chi connectivity index (χ1) is 6.66. The lowest BCUT2D eigenvalue weighted by Crippen LogP contribution is -2.27. The summed E-state index contributed by atoms with van der Waals surface area (Å²) in [4.78, 5) is 0. The highest BCUT2D eigenvalue weighted by atomic mass is 79.9. The van der Waals surface area contributed by atoms with Crippen molar-refractivity contribution >= 4 is 21.6 Å². The van der Waals surface area contributed by atoms with E-state index in [1.807, 2.05) is 0 Å². The Morgan fingerprint density at radius 2 is 1.93 bits per heavy atom. The molecule has 1 N–H and O–H groups in total. The van der Waals surface area contributed by atoms with Crippen molar-refractivity contribution in [3.63, 3.8) is 0 Å². The molecule has 0 amide bonds. The molecule has 0 heterocycles. The van der Waals surface area contributed by atoms with E-state index in [2.05, 4.69) is 21.2 Å². The summed E-state index contributed by atoms with van der Waals surface area (Å²) in [5, 5.41) is 2.98. The molecule has 0 aromatic heterocycles. The number of halogens is 3. The maximum absolute atomic E-state index is 13.3. The van der Waals surface area contributed by atoms with E-state index in [4.69, 9.17) is 0 Å². The van der Waals surface area contributed by atoms with Crippen LogP contribution in [0.3, 0.4) is 0 Å². The predicted molar refractivity (Wildman–Crippen MR) is 55.3 cm³/mol. The van der Waals surface area contributed by atoms with Gasteiger partial charge in [-0.25, -0.2) is 8.78 Å². The second-order valence-electron chi connectivity index (χ2n) is 3.52. The number of hydrogen-bond acceptors (Lipinski definition) is 1. The summed E-state index contributed by atoms with van der Waals surface area (Å²) in [7, 11) is 0. The Kier molecular flexibility index (Phi) is 2.72. The standard InChI is InChI=1S/C10H10BrF2N/c11-7-4-9(13)10(5-8(7)12)14-6-2-1-3-6/h4-6,14H,1-3H2. The summed E-state index contributed by atoms with van der Waals surface area (Å²) in [5.74, 6) is -0.849. The number of rotatable bonds is 2. The molecule has 1 saturated carbocycles. The molecule has 1 aliphatic carbocycles. The first-order valence-corrected chi connectivity index (χ1v) is 5.37. The maximum atomic E-state index is 13.3. The van der Waals surface area contributed by atoms with Gasteiger partial charge in [0.25, 0.3) is 0 Å². The Morgan fingerprint density at radius 3 is 2.50 bits per heavy atom. The fourth-order valence-electron chi connectivity index (χ4n) is 1.41. The summed E-state index contributed by atoms with van der Waals surface area (Å²) in [6.07, 6.45) is 3.24. The van der Waals surface area contributed by atoms with Crippen LogP contribution in [0, 0.1) is 11.6 Å². The second kappa shape index (κ2) is 3.85. The molecule has 0 bridgehead atoms. The van der Waals surface area contributed by atoms with Crippen molar-refractivity contribution in [1.82, 2.24) is 0 Å². The van der Waals surface area contributed by atoms with Crippen LogP contribution in [0.25, 0.3) is 0 Å². The van der Waals surface area contributed by atoms with Crippen LogP contribution in [-0.2, 0) is 0 Å². The van der Waals surface area contributed by atoms with Gasteiger partial charge in [0.2, 0.25) is 0 Å². The smallest absolute Gasteiger partial charge is 0.147 e. The Bertz CT molecular complexity index is 350. The summed E-state index contributed by atoms with van der Waals surface area (Å²) in [6.45, 7) is 0. The average Bonchev–Trinajstić information content (AvgIpc) is 2.06. The van der Waals surface area contributed by atoms with E-state index in [9.17, 15) is 8.78 Å². The van der Waals surface area contributed by atoms with Gasteiger partial charge in [0.1, 0.15) is 11.6 Å². The monoisotopic (exact) mass is 261 g/mol. The van der Waals surface area contributed by atoms with E-state index in [0.29, 0.717) is 6.04 Å². The molecule has 1 aliphatic rings. The molecule has 1 nitrogen and oxygen atoms in total. The third-order valence-electron chi connectivity index (χ3n) is 2.47. The number of hydrogen-bond donors (Lipinski definition) is 1. The van der Waals surface area contributed by atoms with E-state index in [0.717, 1.165) is 25.3 Å². The molecule has 2 rings (SSSR count). The molecule has 0 unspecified atom stereocenters. The van der Waals surface area contributed by atoms with Gasteiger partial charge in [0.15, 0.2) is 0 Å². The zero-order valence-corrected chi connectivity index (χ0v) is 9.07. The van der Waals surface area contributed by atoms with Crippen molar-refractivity contribution in [2.24, 2.45) is 0 Å². The van der Waals surface area contributed by atoms with Gasteiger partial charge in [0, 0.05) is 12.1 Å². The number of benzene rings is 1. The van der Waals surface area contributed by atoms with Crippen LogP contribution in [-0.4, -0.2) is 6.04 Å². The van der Waals surface area contributed by atoms with E-state index >= 15 is 0 Å². The normalized spacial score (nSPS) is 16.5. The average molecular weight is 262 g/mol. The minimum atomic E-state index is -0.437. The molecule has 1 aromatic rings. The predicted octanol–water partition coefficient (Wildman–Crippen LogP) is 3.69. The lowest BCUT2D eigenvalue weighted by molar-refractivity contribution is 0.442. The molecule has 4 heteroatoms. The van der Waals surface area contributed by atoms with Crippen molar-refractivity contribution in [1.29, 1.82) is 0 Å². The molecule has 0 atom stereocenters. The highest BCUT2D eigenvalue weighted by Crippen LogP contribution is 2.27. The molecule has 76 valence electrons. The zero-order chi connectivity index (χ0) is 10.1. The third kappa shape index (κ3) is 1.90. The molecule has 1 fully saturated rings. The Balaban J connectivity index is 2.19. The van der Waals surface area contributed by atoms with Crippen LogP contribution in [0.2, 0.25) is 0 Å².